The molecule has 1 atom stereocenters. The van der Waals surface area contributed by atoms with Crippen molar-refractivity contribution in [2.24, 2.45) is 0 Å². The van der Waals surface area contributed by atoms with Crippen LogP contribution < -0.4 is 0 Å². The van der Waals surface area contributed by atoms with Gasteiger partial charge in [-0.2, -0.15) is 65.5 Å². The van der Waals surface area contributed by atoms with E-state index in [0.717, 1.165) is 0 Å². The fourth-order valence-electron chi connectivity index (χ4n) is 2.46. The van der Waals surface area contributed by atoms with Crippen molar-refractivity contribution in [2.45, 2.75) is 69.0 Å². The third-order valence-corrected chi connectivity index (χ3v) is 6.09. The summed E-state index contributed by atoms with van der Waals surface area (Å²) >= 11 is 0. The zero-order valence-corrected chi connectivity index (χ0v) is 18.6. The Balaban J connectivity index is 0. The summed E-state index contributed by atoms with van der Waals surface area (Å²) in [5, 5.41) is -7.56. The number of halogens is 14. The van der Waals surface area contributed by atoms with Gasteiger partial charge in [0.15, 0.2) is 0 Å². The summed E-state index contributed by atoms with van der Waals surface area (Å²) < 4.78 is 204. The Bertz CT molecular complexity index is 745. The standard InChI is InChI=1S/C8H20N.C7H2F14O3S/c1-5-9(6-2,7-3)8-4;8-1(3(11,12)13)2(9,10)4(14,15)5(16,17)6(18,19)7(20,21)25(22,23)24/h5-8H2,1-4H3;1H,(H,22,23,24)/q+1;. The fraction of sp³-hybridized carbons (Fsp3) is 1.00. The van der Waals surface area contributed by atoms with Crippen molar-refractivity contribution >= 4 is 10.1 Å². The van der Waals surface area contributed by atoms with E-state index in [0.29, 0.717) is 0 Å². The van der Waals surface area contributed by atoms with Gasteiger partial charge in [-0.3, -0.25) is 4.55 Å². The fourth-order valence-corrected chi connectivity index (χ4v) is 2.91. The first kappa shape index (κ1) is 35.1. The lowest BCUT2D eigenvalue weighted by Gasteiger charge is -2.39. The predicted molar refractivity (Wildman–Crippen MR) is 89.7 cm³/mol. The van der Waals surface area contributed by atoms with Crippen LogP contribution in [0.15, 0.2) is 0 Å². The molecule has 0 rings (SSSR count). The molecule has 0 aliphatic rings. The second-order valence-corrected chi connectivity index (χ2v) is 8.31. The van der Waals surface area contributed by atoms with Crippen LogP contribution in [0.3, 0.4) is 0 Å². The zero-order valence-electron chi connectivity index (χ0n) is 17.8. The van der Waals surface area contributed by atoms with Crippen LogP contribution in [0, 0.1) is 0 Å². The molecular formula is C15H22F14NO3S+. The van der Waals surface area contributed by atoms with Gasteiger partial charge in [-0.1, -0.05) is 0 Å². The smallest absolute Gasteiger partial charge is 0.325 e. The van der Waals surface area contributed by atoms with Crippen LogP contribution in [0.4, 0.5) is 61.5 Å². The Morgan fingerprint density at radius 3 is 1.12 bits per heavy atom. The molecule has 208 valence electrons. The highest BCUT2D eigenvalue weighted by Gasteiger charge is 2.91. The SMILES string of the molecule is CC[N+](CC)(CC)CC.O=S(=O)(O)C(F)(F)C(F)(F)C(F)(F)C(F)(F)C(F)(F)C(F)C(F)(F)F. The molecule has 0 aliphatic carbocycles. The predicted octanol–water partition coefficient (Wildman–Crippen LogP) is 5.79. The molecule has 19 heteroatoms. The van der Waals surface area contributed by atoms with Crippen LogP contribution in [0.25, 0.3) is 0 Å². The highest BCUT2D eigenvalue weighted by atomic mass is 32.2. The van der Waals surface area contributed by atoms with E-state index in [1.807, 2.05) is 0 Å². The van der Waals surface area contributed by atoms with Crippen molar-refractivity contribution in [1.82, 2.24) is 0 Å². The Morgan fingerprint density at radius 1 is 0.647 bits per heavy atom. The van der Waals surface area contributed by atoms with Crippen molar-refractivity contribution in [1.29, 1.82) is 0 Å². The first-order valence-electron chi connectivity index (χ1n) is 9.07. The maximum Gasteiger partial charge on any atom is 0.438 e. The van der Waals surface area contributed by atoms with Crippen molar-refractivity contribution < 1.29 is 78.9 Å². The van der Waals surface area contributed by atoms with Gasteiger partial charge in [-0.15, -0.1) is 0 Å². The number of hydrogen-bond acceptors (Lipinski definition) is 2. The monoisotopic (exact) mass is 562 g/mol. The van der Waals surface area contributed by atoms with Gasteiger partial charge in [-0.25, -0.2) is 4.39 Å². The molecule has 0 amide bonds. The molecule has 0 saturated carbocycles. The minimum atomic E-state index is -8.28. The molecule has 0 aliphatic heterocycles. The molecule has 1 unspecified atom stereocenters. The minimum Gasteiger partial charge on any atom is -0.325 e. The van der Waals surface area contributed by atoms with Crippen molar-refractivity contribution in [3.05, 3.63) is 0 Å². The summed E-state index contributed by atoms with van der Waals surface area (Å²) in [5.41, 5.74) is 0. The Kier molecular flexibility index (Phi) is 10.8. The van der Waals surface area contributed by atoms with Crippen molar-refractivity contribution in [3.63, 3.8) is 0 Å². The molecule has 0 aromatic carbocycles. The third-order valence-electron chi connectivity index (χ3n) is 5.19. The zero-order chi connectivity index (χ0) is 28.4. The number of alkyl halides is 14. The van der Waals surface area contributed by atoms with E-state index in [1.54, 1.807) is 0 Å². The van der Waals surface area contributed by atoms with Gasteiger partial charge in [0.05, 0.1) is 26.2 Å². The van der Waals surface area contributed by atoms with E-state index < -0.39 is 51.4 Å². The molecule has 4 nitrogen and oxygen atoms in total. The summed E-state index contributed by atoms with van der Waals surface area (Å²) in [6.07, 6.45) is -13.2. The second-order valence-electron chi connectivity index (χ2n) is 6.85. The summed E-state index contributed by atoms with van der Waals surface area (Å²) in [7, 11) is -7.66. The highest BCUT2D eigenvalue weighted by molar-refractivity contribution is 7.87. The Labute approximate surface area is 185 Å². The summed E-state index contributed by atoms with van der Waals surface area (Å²) in [4.78, 5) is 0. The number of quaternary nitrogens is 1. The lowest BCUT2D eigenvalue weighted by molar-refractivity contribution is -0.921. The van der Waals surface area contributed by atoms with Crippen LogP contribution in [-0.2, 0) is 10.1 Å². The summed E-state index contributed by atoms with van der Waals surface area (Å²) in [6.45, 7) is 14.2. The molecular weight excluding hydrogens is 540 g/mol. The average Bonchev–Trinajstić information content (AvgIpc) is 2.67. The van der Waals surface area contributed by atoms with Gasteiger partial charge in [0.2, 0.25) is 0 Å². The molecule has 0 heterocycles. The highest BCUT2D eigenvalue weighted by Crippen LogP contribution is 2.59. The van der Waals surface area contributed by atoms with Gasteiger partial charge in [0.1, 0.15) is 0 Å². The van der Waals surface area contributed by atoms with Crippen LogP contribution in [0.2, 0.25) is 0 Å². The summed E-state index contributed by atoms with van der Waals surface area (Å²) in [6, 6.07) is 0. The molecule has 1 N–H and O–H groups in total. The number of rotatable bonds is 10. The Morgan fingerprint density at radius 2 is 0.941 bits per heavy atom. The molecule has 0 aromatic heterocycles. The quantitative estimate of drug-likeness (QED) is 0.208. The van der Waals surface area contributed by atoms with E-state index in [-0.39, 0.29) is 0 Å². The van der Waals surface area contributed by atoms with Crippen LogP contribution in [0.5, 0.6) is 0 Å². The topological polar surface area (TPSA) is 54.4 Å². The normalized spacial score (nSPS) is 16.1. The second kappa shape index (κ2) is 10.5. The van der Waals surface area contributed by atoms with Crippen LogP contribution in [0.1, 0.15) is 27.7 Å². The molecule has 0 saturated heterocycles. The largest absolute Gasteiger partial charge is 0.438 e. The summed E-state index contributed by atoms with van der Waals surface area (Å²) in [5.74, 6) is -32.3. The van der Waals surface area contributed by atoms with E-state index in [2.05, 4.69) is 27.7 Å². The van der Waals surface area contributed by atoms with Gasteiger partial charge < -0.3 is 4.48 Å². The van der Waals surface area contributed by atoms with Gasteiger partial charge in [0, 0.05) is 0 Å². The molecule has 0 aromatic rings. The Hall–Kier alpha value is -1.11. The molecule has 0 fully saturated rings. The van der Waals surface area contributed by atoms with Crippen molar-refractivity contribution in [3.8, 4) is 0 Å². The van der Waals surface area contributed by atoms with Gasteiger partial charge in [0.25, 0.3) is 6.17 Å². The van der Waals surface area contributed by atoms with E-state index in [1.165, 1.54) is 30.7 Å². The number of hydrogen-bond donors (Lipinski definition) is 1. The molecule has 0 radical (unpaired) electrons. The van der Waals surface area contributed by atoms with Crippen LogP contribution in [-0.4, -0.2) is 84.9 Å². The third kappa shape index (κ3) is 5.99. The van der Waals surface area contributed by atoms with Crippen LogP contribution >= 0.6 is 0 Å². The molecule has 0 spiro atoms. The first-order chi connectivity index (χ1) is 14.6. The lowest BCUT2D eigenvalue weighted by atomic mass is 9.95. The minimum absolute atomic E-state index is 1.28. The average molecular weight is 562 g/mol. The lowest BCUT2D eigenvalue weighted by Crippen LogP contribution is -2.71. The van der Waals surface area contributed by atoms with Gasteiger partial charge >= 0.3 is 45.2 Å². The first-order valence-corrected chi connectivity index (χ1v) is 10.5. The van der Waals surface area contributed by atoms with Gasteiger partial charge in [-0.05, 0) is 27.7 Å². The molecule has 34 heavy (non-hydrogen) atoms. The molecule has 0 bridgehead atoms. The van der Waals surface area contributed by atoms with E-state index in [9.17, 15) is 69.9 Å². The maximum atomic E-state index is 12.9. The van der Waals surface area contributed by atoms with E-state index in [4.69, 9.17) is 4.55 Å². The maximum absolute atomic E-state index is 12.9. The van der Waals surface area contributed by atoms with E-state index >= 15 is 0 Å². The number of nitrogens with zero attached hydrogens (tertiary/aromatic N) is 1. The van der Waals surface area contributed by atoms with Crippen molar-refractivity contribution in [2.75, 3.05) is 26.2 Å².